The van der Waals surface area contributed by atoms with Gasteiger partial charge in [0.1, 0.15) is 23.9 Å². The van der Waals surface area contributed by atoms with Crippen LogP contribution in [-0.2, 0) is 14.8 Å². The molecule has 4 rings (SSSR count). The van der Waals surface area contributed by atoms with Gasteiger partial charge in [-0.2, -0.15) is 0 Å². The van der Waals surface area contributed by atoms with E-state index >= 15 is 0 Å². The van der Waals surface area contributed by atoms with Crippen LogP contribution < -0.4 is 19.5 Å². The van der Waals surface area contributed by atoms with E-state index in [-0.39, 0.29) is 40.1 Å². The Morgan fingerprint density at radius 3 is 2.38 bits per heavy atom. The van der Waals surface area contributed by atoms with Crippen LogP contribution in [0.2, 0.25) is 0 Å². The normalized spacial score (nSPS) is 20.7. The Bertz CT molecular complexity index is 1370. The number of ether oxygens (including phenoxy) is 3. The van der Waals surface area contributed by atoms with Crippen LogP contribution in [0.25, 0.3) is 0 Å². The number of amides is 1. The molecule has 0 unspecified atom stereocenters. The third kappa shape index (κ3) is 7.29. The highest BCUT2D eigenvalue weighted by Gasteiger charge is 2.26. The van der Waals surface area contributed by atoms with Crippen LogP contribution in [0.5, 0.6) is 17.2 Å². The summed E-state index contributed by atoms with van der Waals surface area (Å²) in [5, 5.41) is 3.44. The van der Waals surface area contributed by atoms with Crippen molar-refractivity contribution < 1.29 is 27.4 Å². The minimum Gasteiger partial charge on any atom is -0.491 e. The number of carbonyl (C=O) groups excluding carboxylic acids is 1. The lowest BCUT2D eigenvalue weighted by molar-refractivity contribution is 0.0281. The van der Waals surface area contributed by atoms with Gasteiger partial charge in [0, 0.05) is 39.0 Å². The van der Waals surface area contributed by atoms with E-state index in [0.717, 1.165) is 6.54 Å². The van der Waals surface area contributed by atoms with Crippen molar-refractivity contribution in [3.05, 3.63) is 78.4 Å². The molecule has 39 heavy (non-hydrogen) atoms. The molecule has 1 amide bonds. The molecule has 1 aliphatic heterocycles. The number of hydrogen-bond acceptors (Lipinski definition) is 7. The lowest BCUT2D eigenvalue weighted by atomic mass is 10.0. The summed E-state index contributed by atoms with van der Waals surface area (Å²) in [5.41, 5.74) is 0.512. The second kappa shape index (κ2) is 12.5. The molecular formula is C29H35N3O6S. The van der Waals surface area contributed by atoms with Crippen LogP contribution in [0.3, 0.4) is 0 Å². The molecule has 0 aliphatic carbocycles. The van der Waals surface area contributed by atoms with Gasteiger partial charge in [0.25, 0.3) is 15.9 Å². The lowest BCUT2D eigenvalue weighted by Crippen LogP contribution is -2.44. The van der Waals surface area contributed by atoms with Crippen LogP contribution in [-0.4, -0.2) is 65.2 Å². The van der Waals surface area contributed by atoms with E-state index in [1.54, 1.807) is 43.3 Å². The van der Waals surface area contributed by atoms with Gasteiger partial charge in [-0.3, -0.25) is 9.52 Å². The quantitative estimate of drug-likeness (QED) is 0.467. The van der Waals surface area contributed by atoms with E-state index in [1.165, 1.54) is 18.2 Å². The van der Waals surface area contributed by atoms with E-state index in [4.69, 9.17) is 14.2 Å². The fraction of sp³-hybridized carbons (Fsp3) is 0.345. The molecule has 3 aromatic rings. The summed E-state index contributed by atoms with van der Waals surface area (Å²) in [5.74, 6) is 1.42. The van der Waals surface area contributed by atoms with Gasteiger partial charge in [-0.05, 0) is 67.4 Å². The highest BCUT2D eigenvalue weighted by Crippen LogP contribution is 2.28. The zero-order valence-corrected chi connectivity index (χ0v) is 23.4. The van der Waals surface area contributed by atoms with Gasteiger partial charge in [-0.25, -0.2) is 8.42 Å². The predicted molar refractivity (Wildman–Crippen MR) is 150 cm³/mol. The van der Waals surface area contributed by atoms with Crippen molar-refractivity contribution in [2.75, 3.05) is 38.6 Å². The number of para-hydroxylation sites is 1. The molecule has 0 radical (unpaired) electrons. The van der Waals surface area contributed by atoms with Gasteiger partial charge >= 0.3 is 0 Å². The molecule has 2 N–H and O–H groups in total. The summed E-state index contributed by atoms with van der Waals surface area (Å²) in [6.07, 6.45) is -0.169. The van der Waals surface area contributed by atoms with Crippen LogP contribution in [0.4, 0.5) is 5.69 Å². The maximum Gasteiger partial charge on any atom is 0.261 e. The Kier molecular flexibility index (Phi) is 9.11. The Hall–Kier alpha value is -3.60. The second-order valence-electron chi connectivity index (χ2n) is 9.76. The molecule has 0 saturated carbocycles. The highest BCUT2D eigenvalue weighted by atomic mass is 32.2. The topological polar surface area (TPSA) is 106 Å². The number of sulfonamides is 1. The van der Waals surface area contributed by atoms with Crippen LogP contribution in [0.15, 0.2) is 77.7 Å². The molecule has 1 heterocycles. The van der Waals surface area contributed by atoms with Gasteiger partial charge in [0.15, 0.2) is 0 Å². The van der Waals surface area contributed by atoms with Gasteiger partial charge in [-0.15, -0.1) is 0 Å². The first-order chi connectivity index (χ1) is 18.7. The summed E-state index contributed by atoms with van der Waals surface area (Å²) >= 11 is 0. The number of likely N-dealkylation sites (N-methyl/N-ethyl adjacent to an activating group) is 1. The van der Waals surface area contributed by atoms with Crippen molar-refractivity contribution in [3.8, 4) is 17.2 Å². The van der Waals surface area contributed by atoms with Crippen molar-refractivity contribution in [1.82, 2.24) is 10.2 Å². The van der Waals surface area contributed by atoms with Crippen LogP contribution in [0.1, 0.15) is 24.2 Å². The third-order valence-electron chi connectivity index (χ3n) is 6.59. The second-order valence-corrected chi connectivity index (χ2v) is 11.4. The smallest absolute Gasteiger partial charge is 0.261 e. The molecule has 3 atom stereocenters. The van der Waals surface area contributed by atoms with Gasteiger partial charge in [0.05, 0.1) is 16.6 Å². The Morgan fingerprint density at radius 1 is 1.00 bits per heavy atom. The first-order valence-corrected chi connectivity index (χ1v) is 14.3. The zero-order chi connectivity index (χ0) is 28.0. The van der Waals surface area contributed by atoms with E-state index in [0.29, 0.717) is 30.4 Å². The number of fused-ring (bicyclic) bond motifs is 1. The van der Waals surface area contributed by atoms with Crippen molar-refractivity contribution in [1.29, 1.82) is 0 Å². The first kappa shape index (κ1) is 28.4. The Morgan fingerprint density at radius 2 is 1.69 bits per heavy atom. The van der Waals surface area contributed by atoms with E-state index in [1.807, 2.05) is 37.3 Å². The van der Waals surface area contributed by atoms with Crippen molar-refractivity contribution in [2.45, 2.75) is 30.9 Å². The fourth-order valence-electron chi connectivity index (χ4n) is 4.25. The summed E-state index contributed by atoms with van der Waals surface area (Å²) in [6.45, 7) is 5.51. The van der Waals surface area contributed by atoms with Crippen LogP contribution in [0, 0.1) is 5.92 Å². The van der Waals surface area contributed by atoms with Gasteiger partial charge < -0.3 is 24.4 Å². The molecule has 0 aromatic heterocycles. The molecule has 3 aromatic carbocycles. The first-order valence-electron chi connectivity index (χ1n) is 12.8. The maximum atomic E-state index is 13.5. The third-order valence-corrected chi connectivity index (χ3v) is 7.99. The SMILES string of the molecule is CO[C@@H]1CN(C)C(=O)c2cc(NS(=O)(=O)c3ccc(Oc4ccccc4)cc3)ccc2OC[C@H](C)NC[C@H]1C. The fourth-order valence-corrected chi connectivity index (χ4v) is 5.30. The average Bonchev–Trinajstić information content (AvgIpc) is 2.93. The van der Waals surface area contributed by atoms with Gasteiger partial charge in [-0.1, -0.05) is 25.1 Å². The average molecular weight is 554 g/mol. The van der Waals surface area contributed by atoms with Crippen molar-refractivity contribution in [3.63, 3.8) is 0 Å². The van der Waals surface area contributed by atoms with E-state index in [2.05, 4.69) is 17.0 Å². The van der Waals surface area contributed by atoms with Crippen molar-refractivity contribution >= 4 is 21.6 Å². The van der Waals surface area contributed by atoms with E-state index < -0.39 is 10.0 Å². The maximum absolute atomic E-state index is 13.5. The molecule has 10 heteroatoms. The lowest BCUT2D eigenvalue weighted by Gasteiger charge is -2.30. The molecular weight excluding hydrogens is 518 g/mol. The molecule has 0 saturated heterocycles. The summed E-state index contributed by atoms with van der Waals surface area (Å²) in [4.78, 5) is 15.1. The van der Waals surface area contributed by atoms with Crippen LogP contribution >= 0.6 is 0 Å². The molecule has 0 fully saturated rings. The summed E-state index contributed by atoms with van der Waals surface area (Å²) in [7, 11) is -0.596. The molecule has 0 spiro atoms. The Labute approximate surface area is 230 Å². The number of anilines is 1. The Balaban J connectivity index is 1.56. The molecule has 1 aliphatic rings. The monoisotopic (exact) mass is 553 g/mol. The number of hydrogen-bond donors (Lipinski definition) is 2. The molecule has 9 nitrogen and oxygen atoms in total. The summed E-state index contributed by atoms with van der Waals surface area (Å²) in [6, 6.07) is 20.1. The van der Waals surface area contributed by atoms with Crippen molar-refractivity contribution in [2.24, 2.45) is 5.92 Å². The summed E-state index contributed by atoms with van der Waals surface area (Å²) < 4.78 is 46.3. The van der Waals surface area contributed by atoms with E-state index in [9.17, 15) is 13.2 Å². The minimum absolute atomic E-state index is 0.0390. The van der Waals surface area contributed by atoms with Gasteiger partial charge in [0.2, 0.25) is 0 Å². The standard InChI is InChI=1S/C29H35N3O6S/c1-20-17-30-21(2)19-37-27-15-10-22(16-26(27)29(33)32(3)18-28(20)36-4)31-39(34,35)25-13-11-24(12-14-25)38-23-8-6-5-7-9-23/h5-16,20-21,28,30-31H,17-19H2,1-4H3/t20-,21+,28-/m1/s1. The number of benzene rings is 3. The number of carbonyl (C=O) groups is 1. The number of methoxy groups -OCH3 is 1. The predicted octanol–water partition coefficient (Wildman–Crippen LogP) is 4.37. The number of nitrogens with one attached hydrogen (secondary N) is 2. The number of nitrogens with zero attached hydrogens (tertiary/aromatic N) is 1. The zero-order valence-electron chi connectivity index (χ0n) is 22.6. The molecule has 208 valence electrons. The largest absolute Gasteiger partial charge is 0.491 e. The molecule has 0 bridgehead atoms. The minimum atomic E-state index is -3.93. The number of rotatable bonds is 6. The highest BCUT2D eigenvalue weighted by molar-refractivity contribution is 7.92.